The van der Waals surface area contributed by atoms with E-state index in [0.29, 0.717) is 17.3 Å². The molecule has 8 heteroatoms. The molecule has 1 atom stereocenters. The van der Waals surface area contributed by atoms with Gasteiger partial charge in [0.1, 0.15) is 11.6 Å². The molecule has 1 aromatic carbocycles. The zero-order chi connectivity index (χ0) is 20.2. The SMILES string of the molecule is COc1ccc(C(=O)Nc2cc(-c3cccnc3)nn2C)cc1CC1CCNC1.Cl. The van der Waals surface area contributed by atoms with Crippen LogP contribution in [0.2, 0.25) is 0 Å². The Morgan fingerprint density at radius 3 is 2.90 bits per heavy atom. The number of amides is 1. The standard InChI is InChI=1S/C22H25N5O2.ClH/c1-27-21(12-19(26-27)17-4-3-8-23-14-17)25-22(28)16-5-6-20(29-2)18(11-16)10-15-7-9-24-13-15;/h3-6,8,11-12,14-15,24H,7,9-10,13H2,1-2H3,(H,25,28);1H. The number of nitrogens with one attached hydrogen (secondary N) is 2. The number of halogens is 1. The van der Waals surface area contributed by atoms with Crippen molar-refractivity contribution in [2.75, 3.05) is 25.5 Å². The highest BCUT2D eigenvalue weighted by atomic mass is 35.5. The molecule has 0 bridgehead atoms. The van der Waals surface area contributed by atoms with Gasteiger partial charge in [0.05, 0.1) is 12.8 Å². The third kappa shape index (κ3) is 4.80. The summed E-state index contributed by atoms with van der Waals surface area (Å²) in [5, 5.41) is 10.8. The number of aryl methyl sites for hydroxylation is 1. The van der Waals surface area contributed by atoms with Gasteiger partial charge >= 0.3 is 0 Å². The fraction of sp³-hybridized carbons (Fsp3) is 0.318. The van der Waals surface area contributed by atoms with Crippen LogP contribution in [-0.2, 0) is 13.5 Å². The summed E-state index contributed by atoms with van der Waals surface area (Å²) >= 11 is 0. The number of rotatable bonds is 6. The number of hydrogen-bond donors (Lipinski definition) is 2. The molecule has 1 aliphatic heterocycles. The minimum Gasteiger partial charge on any atom is -0.496 e. The highest BCUT2D eigenvalue weighted by Gasteiger charge is 2.19. The molecular formula is C22H26ClN5O2. The molecule has 1 fully saturated rings. The van der Waals surface area contributed by atoms with Crippen LogP contribution in [0.15, 0.2) is 48.8 Å². The van der Waals surface area contributed by atoms with Gasteiger partial charge in [0.15, 0.2) is 0 Å². The van der Waals surface area contributed by atoms with Crippen molar-refractivity contribution in [3.8, 4) is 17.0 Å². The molecule has 3 heterocycles. The van der Waals surface area contributed by atoms with Gasteiger partial charge in [-0.25, -0.2) is 0 Å². The molecule has 1 amide bonds. The summed E-state index contributed by atoms with van der Waals surface area (Å²) in [5.41, 5.74) is 3.34. The van der Waals surface area contributed by atoms with Crippen molar-refractivity contribution in [3.63, 3.8) is 0 Å². The first-order valence-electron chi connectivity index (χ1n) is 9.77. The minimum atomic E-state index is -0.167. The van der Waals surface area contributed by atoms with E-state index >= 15 is 0 Å². The van der Waals surface area contributed by atoms with Crippen LogP contribution in [0, 0.1) is 5.92 Å². The molecule has 4 rings (SSSR count). The van der Waals surface area contributed by atoms with E-state index in [9.17, 15) is 4.79 Å². The number of carbonyl (C=O) groups is 1. The number of aromatic nitrogens is 3. The van der Waals surface area contributed by atoms with E-state index in [-0.39, 0.29) is 18.3 Å². The van der Waals surface area contributed by atoms with Gasteiger partial charge in [-0.15, -0.1) is 12.4 Å². The van der Waals surface area contributed by atoms with E-state index in [1.807, 2.05) is 37.4 Å². The molecule has 2 aromatic heterocycles. The fourth-order valence-electron chi connectivity index (χ4n) is 3.71. The average molecular weight is 428 g/mol. The molecule has 2 N–H and O–H groups in total. The van der Waals surface area contributed by atoms with Crippen LogP contribution >= 0.6 is 12.4 Å². The third-order valence-electron chi connectivity index (χ3n) is 5.29. The predicted molar refractivity (Wildman–Crippen MR) is 119 cm³/mol. The van der Waals surface area contributed by atoms with Crippen molar-refractivity contribution >= 4 is 24.1 Å². The topological polar surface area (TPSA) is 81.1 Å². The van der Waals surface area contributed by atoms with Gasteiger partial charge in [0, 0.05) is 36.6 Å². The maximum Gasteiger partial charge on any atom is 0.256 e. The summed E-state index contributed by atoms with van der Waals surface area (Å²) in [4.78, 5) is 17.0. The van der Waals surface area contributed by atoms with Crippen molar-refractivity contribution in [1.82, 2.24) is 20.1 Å². The molecule has 0 radical (unpaired) electrons. The van der Waals surface area contributed by atoms with Gasteiger partial charge in [-0.1, -0.05) is 0 Å². The number of carbonyl (C=O) groups excluding carboxylic acids is 1. The molecule has 0 spiro atoms. The summed E-state index contributed by atoms with van der Waals surface area (Å²) in [6.45, 7) is 2.05. The smallest absolute Gasteiger partial charge is 0.256 e. The van der Waals surface area contributed by atoms with E-state index in [2.05, 4.69) is 20.7 Å². The largest absolute Gasteiger partial charge is 0.496 e. The highest BCUT2D eigenvalue weighted by molar-refractivity contribution is 6.04. The van der Waals surface area contributed by atoms with Crippen molar-refractivity contribution in [2.45, 2.75) is 12.8 Å². The zero-order valence-electron chi connectivity index (χ0n) is 17.1. The van der Waals surface area contributed by atoms with Crippen molar-refractivity contribution < 1.29 is 9.53 Å². The second kappa shape index (κ2) is 9.73. The molecule has 0 saturated carbocycles. The summed E-state index contributed by atoms with van der Waals surface area (Å²) < 4.78 is 7.17. The molecular weight excluding hydrogens is 402 g/mol. The van der Waals surface area contributed by atoms with Gasteiger partial charge < -0.3 is 15.4 Å². The lowest BCUT2D eigenvalue weighted by Gasteiger charge is -2.14. The van der Waals surface area contributed by atoms with Crippen LogP contribution in [0.3, 0.4) is 0 Å². The van der Waals surface area contributed by atoms with Crippen LogP contribution in [0.5, 0.6) is 5.75 Å². The molecule has 30 heavy (non-hydrogen) atoms. The highest BCUT2D eigenvalue weighted by Crippen LogP contribution is 2.26. The number of anilines is 1. The van der Waals surface area contributed by atoms with E-state index < -0.39 is 0 Å². The Hall–Kier alpha value is -2.90. The second-order valence-corrected chi connectivity index (χ2v) is 7.32. The second-order valence-electron chi connectivity index (χ2n) is 7.32. The van der Waals surface area contributed by atoms with Gasteiger partial charge in [-0.3, -0.25) is 14.5 Å². The Balaban J connectivity index is 0.00000256. The Kier molecular flexibility index (Phi) is 7.07. The first-order chi connectivity index (χ1) is 14.1. The zero-order valence-corrected chi connectivity index (χ0v) is 17.9. The van der Waals surface area contributed by atoms with E-state index in [1.54, 1.807) is 30.3 Å². The monoisotopic (exact) mass is 427 g/mol. The fourth-order valence-corrected chi connectivity index (χ4v) is 3.71. The van der Waals surface area contributed by atoms with Crippen LogP contribution < -0.4 is 15.4 Å². The summed E-state index contributed by atoms with van der Waals surface area (Å²) in [5.74, 6) is 1.86. The van der Waals surface area contributed by atoms with Crippen molar-refractivity contribution in [3.05, 3.63) is 59.9 Å². The number of methoxy groups -OCH3 is 1. The van der Waals surface area contributed by atoms with Crippen molar-refractivity contribution in [2.24, 2.45) is 13.0 Å². The lowest BCUT2D eigenvalue weighted by molar-refractivity contribution is 0.102. The number of benzene rings is 1. The average Bonchev–Trinajstić information content (AvgIpc) is 3.38. The number of nitrogens with zero attached hydrogens (tertiary/aromatic N) is 3. The lowest BCUT2D eigenvalue weighted by atomic mass is 9.96. The Bertz CT molecular complexity index is 1000. The maximum atomic E-state index is 12.9. The van der Waals surface area contributed by atoms with Gasteiger partial charge in [0.25, 0.3) is 5.91 Å². The van der Waals surface area contributed by atoms with E-state index in [0.717, 1.165) is 48.5 Å². The maximum absolute atomic E-state index is 12.9. The van der Waals surface area contributed by atoms with Crippen LogP contribution in [0.25, 0.3) is 11.3 Å². The van der Waals surface area contributed by atoms with Crippen LogP contribution in [0.1, 0.15) is 22.3 Å². The van der Waals surface area contributed by atoms with Crippen LogP contribution in [0.4, 0.5) is 5.82 Å². The molecule has 3 aromatic rings. The predicted octanol–water partition coefficient (Wildman–Crippen LogP) is 3.32. The minimum absolute atomic E-state index is 0. The summed E-state index contributed by atoms with van der Waals surface area (Å²) in [6.07, 6.45) is 5.51. The number of hydrogen-bond acceptors (Lipinski definition) is 5. The van der Waals surface area contributed by atoms with Gasteiger partial charge in [0.2, 0.25) is 0 Å². The van der Waals surface area contributed by atoms with E-state index in [4.69, 9.17) is 4.74 Å². The quantitative estimate of drug-likeness (QED) is 0.630. The molecule has 7 nitrogen and oxygen atoms in total. The van der Waals surface area contributed by atoms with E-state index in [1.165, 1.54) is 0 Å². The molecule has 1 saturated heterocycles. The number of ether oxygens (including phenoxy) is 1. The first-order valence-corrected chi connectivity index (χ1v) is 9.77. The first kappa shape index (κ1) is 21.8. The lowest BCUT2D eigenvalue weighted by Crippen LogP contribution is -2.16. The van der Waals surface area contributed by atoms with Gasteiger partial charge in [-0.2, -0.15) is 5.10 Å². The summed E-state index contributed by atoms with van der Waals surface area (Å²) in [7, 11) is 3.48. The Labute approximate surface area is 182 Å². The molecule has 0 aliphatic carbocycles. The normalized spacial score (nSPS) is 15.5. The molecule has 1 aliphatic rings. The summed E-state index contributed by atoms with van der Waals surface area (Å²) in [6, 6.07) is 11.3. The Morgan fingerprint density at radius 2 is 2.20 bits per heavy atom. The van der Waals surface area contributed by atoms with Crippen LogP contribution in [-0.4, -0.2) is 40.9 Å². The molecule has 158 valence electrons. The molecule has 1 unspecified atom stereocenters. The van der Waals surface area contributed by atoms with Crippen molar-refractivity contribution in [1.29, 1.82) is 0 Å². The van der Waals surface area contributed by atoms with Gasteiger partial charge in [-0.05, 0) is 67.7 Å². The number of pyridine rings is 1. The Morgan fingerprint density at radius 1 is 1.33 bits per heavy atom. The third-order valence-corrected chi connectivity index (χ3v) is 5.29.